The van der Waals surface area contributed by atoms with Gasteiger partial charge in [-0.15, -0.1) is 0 Å². The van der Waals surface area contributed by atoms with E-state index in [0.29, 0.717) is 26.0 Å². The van der Waals surface area contributed by atoms with Crippen LogP contribution in [0.25, 0.3) is 11.1 Å². The summed E-state index contributed by atoms with van der Waals surface area (Å²) in [5.74, 6) is -1.22. The number of ether oxygens (including phenoxy) is 2. The Labute approximate surface area is 198 Å². The van der Waals surface area contributed by atoms with Gasteiger partial charge in [0.15, 0.2) is 0 Å². The van der Waals surface area contributed by atoms with Gasteiger partial charge >= 0.3 is 12.1 Å². The molecule has 1 aliphatic carbocycles. The molecule has 1 saturated heterocycles. The fraction of sp³-hybridized carbons (Fsp3) is 0.423. The Balaban J connectivity index is 1.22. The van der Waals surface area contributed by atoms with Crippen LogP contribution in [-0.2, 0) is 19.1 Å². The number of alkyl carbamates (subject to hydrolysis) is 1. The van der Waals surface area contributed by atoms with E-state index in [1.54, 1.807) is 11.9 Å². The molecule has 2 aromatic rings. The lowest BCUT2D eigenvalue weighted by atomic mass is 9.98. The zero-order valence-electron chi connectivity index (χ0n) is 19.2. The number of fused-ring (bicyclic) bond motifs is 3. The lowest BCUT2D eigenvalue weighted by Gasteiger charge is -2.20. The Morgan fingerprint density at radius 1 is 1.09 bits per heavy atom. The summed E-state index contributed by atoms with van der Waals surface area (Å²) in [6, 6.07) is 16.3. The monoisotopic (exact) mass is 466 g/mol. The molecule has 1 heterocycles. The molecule has 2 atom stereocenters. The fourth-order valence-electron chi connectivity index (χ4n) is 4.76. The first-order valence-electron chi connectivity index (χ1n) is 11.6. The number of nitrogens with one attached hydrogen (secondary N) is 1. The molecule has 2 aromatic carbocycles. The topological polar surface area (TPSA) is 105 Å². The van der Waals surface area contributed by atoms with Gasteiger partial charge in [0.25, 0.3) is 0 Å². The van der Waals surface area contributed by atoms with Gasteiger partial charge in [-0.1, -0.05) is 48.5 Å². The minimum atomic E-state index is -0.871. The molecular weight excluding hydrogens is 436 g/mol. The Morgan fingerprint density at radius 2 is 1.74 bits per heavy atom. The quantitative estimate of drug-likeness (QED) is 0.588. The summed E-state index contributed by atoms with van der Waals surface area (Å²) in [4.78, 5) is 37.1. The van der Waals surface area contributed by atoms with Crippen molar-refractivity contribution in [3.8, 4) is 11.1 Å². The molecule has 0 unspecified atom stereocenters. The maximum atomic E-state index is 12.5. The number of hydrogen-bond donors (Lipinski definition) is 2. The van der Waals surface area contributed by atoms with Crippen LogP contribution >= 0.6 is 0 Å². The van der Waals surface area contributed by atoms with Gasteiger partial charge in [0.2, 0.25) is 5.91 Å². The summed E-state index contributed by atoms with van der Waals surface area (Å²) >= 11 is 0. The van der Waals surface area contributed by atoms with Gasteiger partial charge in [-0.05, 0) is 35.1 Å². The highest BCUT2D eigenvalue weighted by Gasteiger charge is 2.33. The second-order valence-corrected chi connectivity index (χ2v) is 8.85. The number of nitrogens with zero attached hydrogens (tertiary/aromatic N) is 1. The third kappa shape index (κ3) is 5.39. The Bertz CT molecular complexity index is 1010. The highest BCUT2D eigenvalue weighted by atomic mass is 16.5. The molecule has 0 bridgehead atoms. The van der Waals surface area contributed by atoms with E-state index in [-0.39, 0.29) is 43.4 Å². The Hall–Kier alpha value is -3.39. The number of carboxylic acid groups (broad SMARTS) is 1. The van der Waals surface area contributed by atoms with E-state index >= 15 is 0 Å². The predicted octanol–water partition coefficient (Wildman–Crippen LogP) is 3.25. The Kier molecular flexibility index (Phi) is 7.47. The molecule has 2 N–H and O–H groups in total. The maximum absolute atomic E-state index is 12.5. The van der Waals surface area contributed by atoms with Crippen molar-refractivity contribution >= 4 is 18.0 Å². The van der Waals surface area contributed by atoms with E-state index in [9.17, 15) is 14.4 Å². The molecule has 0 spiro atoms. The lowest BCUT2D eigenvalue weighted by Crippen LogP contribution is -2.35. The SMILES string of the molecule is CN(CCCC(=O)O)C(=O)[C@@H]1CO[C@H](CNC(=O)OCC2c3ccccc3-c3ccccc32)C1. The van der Waals surface area contributed by atoms with Gasteiger partial charge in [0.05, 0.1) is 18.6 Å². The number of benzene rings is 2. The van der Waals surface area contributed by atoms with Crippen LogP contribution in [0.15, 0.2) is 48.5 Å². The van der Waals surface area contributed by atoms with Gasteiger partial charge in [0.1, 0.15) is 6.61 Å². The van der Waals surface area contributed by atoms with E-state index in [1.807, 2.05) is 24.3 Å². The Morgan fingerprint density at radius 3 is 2.38 bits per heavy atom. The molecule has 8 heteroatoms. The highest BCUT2D eigenvalue weighted by Crippen LogP contribution is 2.44. The van der Waals surface area contributed by atoms with Gasteiger partial charge in [-0.2, -0.15) is 0 Å². The molecular formula is C26H30N2O6. The number of carbonyl (C=O) groups is 3. The molecule has 2 amide bonds. The molecule has 1 aliphatic heterocycles. The molecule has 1 fully saturated rings. The zero-order valence-corrected chi connectivity index (χ0v) is 19.2. The van der Waals surface area contributed by atoms with Crippen LogP contribution in [0.4, 0.5) is 4.79 Å². The van der Waals surface area contributed by atoms with Crippen LogP contribution in [0.2, 0.25) is 0 Å². The number of amides is 2. The molecule has 0 aromatic heterocycles. The molecule has 0 saturated carbocycles. The summed E-state index contributed by atoms with van der Waals surface area (Å²) in [6.45, 7) is 1.19. The summed E-state index contributed by atoms with van der Waals surface area (Å²) in [5.41, 5.74) is 4.67. The number of hydrogen-bond acceptors (Lipinski definition) is 5. The van der Waals surface area contributed by atoms with E-state index in [2.05, 4.69) is 29.6 Å². The number of aliphatic carboxylic acids is 1. The molecule has 2 aliphatic rings. The maximum Gasteiger partial charge on any atom is 0.407 e. The average Bonchev–Trinajstić information content (AvgIpc) is 3.43. The standard InChI is InChI=1S/C26H30N2O6/c1-28(12-6-11-24(29)30)25(31)17-13-18(33-15-17)14-27-26(32)34-16-23-21-9-4-2-7-19(21)20-8-3-5-10-22(20)23/h2-5,7-10,17-18,23H,6,11-16H2,1H3,(H,27,32)(H,29,30)/t17-,18-/m0/s1. The normalized spacial score (nSPS) is 18.7. The van der Waals surface area contributed by atoms with E-state index in [4.69, 9.17) is 14.6 Å². The molecule has 0 radical (unpaired) electrons. The zero-order chi connectivity index (χ0) is 24.1. The van der Waals surface area contributed by atoms with Crippen molar-refractivity contribution < 1.29 is 29.0 Å². The van der Waals surface area contributed by atoms with Crippen LogP contribution in [0.3, 0.4) is 0 Å². The van der Waals surface area contributed by atoms with Gasteiger partial charge in [-0.25, -0.2) is 4.79 Å². The smallest absolute Gasteiger partial charge is 0.407 e. The molecule has 34 heavy (non-hydrogen) atoms. The predicted molar refractivity (Wildman–Crippen MR) is 125 cm³/mol. The largest absolute Gasteiger partial charge is 0.481 e. The van der Waals surface area contributed by atoms with Crippen molar-refractivity contribution in [2.75, 3.05) is 33.4 Å². The van der Waals surface area contributed by atoms with Crippen LogP contribution in [-0.4, -0.2) is 67.4 Å². The number of carboxylic acids is 1. The minimum absolute atomic E-state index is 0.000420. The summed E-state index contributed by atoms with van der Waals surface area (Å²) in [6.07, 6.45) is 0.183. The third-order valence-electron chi connectivity index (χ3n) is 6.51. The van der Waals surface area contributed by atoms with Crippen molar-refractivity contribution in [3.63, 3.8) is 0 Å². The van der Waals surface area contributed by atoms with Gasteiger partial charge in [0, 0.05) is 32.5 Å². The second-order valence-electron chi connectivity index (χ2n) is 8.85. The average molecular weight is 467 g/mol. The van der Waals surface area contributed by atoms with Crippen LogP contribution in [0, 0.1) is 5.92 Å². The summed E-state index contributed by atoms with van der Waals surface area (Å²) in [7, 11) is 1.67. The first-order valence-corrected chi connectivity index (χ1v) is 11.6. The van der Waals surface area contributed by atoms with E-state index in [1.165, 1.54) is 11.1 Å². The minimum Gasteiger partial charge on any atom is -0.481 e. The van der Waals surface area contributed by atoms with Crippen molar-refractivity contribution in [1.82, 2.24) is 10.2 Å². The molecule has 4 rings (SSSR count). The first kappa shape index (κ1) is 23.8. The highest BCUT2D eigenvalue weighted by molar-refractivity contribution is 5.80. The van der Waals surface area contributed by atoms with Gasteiger partial charge in [-0.3, -0.25) is 9.59 Å². The molecule has 180 valence electrons. The lowest BCUT2D eigenvalue weighted by molar-refractivity contribution is -0.138. The van der Waals surface area contributed by atoms with Gasteiger partial charge < -0.3 is 24.8 Å². The van der Waals surface area contributed by atoms with Crippen LogP contribution < -0.4 is 5.32 Å². The van der Waals surface area contributed by atoms with Crippen LogP contribution in [0.5, 0.6) is 0 Å². The fourth-order valence-corrected chi connectivity index (χ4v) is 4.76. The summed E-state index contributed by atoms with van der Waals surface area (Å²) < 4.78 is 11.2. The van der Waals surface area contributed by atoms with Crippen LogP contribution in [0.1, 0.15) is 36.3 Å². The van der Waals surface area contributed by atoms with Crippen molar-refractivity contribution in [3.05, 3.63) is 59.7 Å². The number of carbonyl (C=O) groups excluding carboxylic acids is 2. The summed E-state index contributed by atoms with van der Waals surface area (Å²) in [5, 5.41) is 11.5. The van der Waals surface area contributed by atoms with Crippen molar-refractivity contribution in [2.24, 2.45) is 5.92 Å². The van der Waals surface area contributed by atoms with E-state index in [0.717, 1.165) is 11.1 Å². The van der Waals surface area contributed by atoms with Crippen molar-refractivity contribution in [2.45, 2.75) is 31.3 Å². The third-order valence-corrected chi connectivity index (χ3v) is 6.51. The van der Waals surface area contributed by atoms with Crippen molar-refractivity contribution in [1.29, 1.82) is 0 Å². The first-order chi connectivity index (χ1) is 16.4. The molecule has 8 nitrogen and oxygen atoms in total. The van der Waals surface area contributed by atoms with E-state index < -0.39 is 12.1 Å². The number of rotatable bonds is 9. The second kappa shape index (κ2) is 10.7.